The fraction of sp³-hybridized carbons (Fsp3) is 0.400. The molecule has 0 fully saturated rings. The first-order valence-electron chi connectivity index (χ1n) is 4.61. The van der Waals surface area contributed by atoms with E-state index in [1.165, 1.54) is 0 Å². The number of hydrogen-bond acceptors (Lipinski definition) is 3. The summed E-state index contributed by atoms with van der Waals surface area (Å²) in [6, 6.07) is 1.85. The molecule has 0 spiro atoms. The van der Waals surface area contributed by atoms with Crippen LogP contribution in [0.1, 0.15) is 23.0 Å². The Labute approximate surface area is 83.7 Å². The lowest BCUT2D eigenvalue weighted by Crippen LogP contribution is -2.23. The first-order valence-corrected chi connectivity index (χ1v) is 4.61. The number of carbonyl (C=O) groups is 1. The number of pyridine rings is 1. The topological polar surface area (TPSA) is 54.0 Å². The molecule has 76 valence electrons. The summed E-state index contributed by atoms with van der Waals surface area (Å²) in [5.74, 6) is -0.0932. The highest BCUT2D eigenvalue weighted by Crippen LogP contribution is 2.14. The van der Waals surface area contributed by atoms with Gasteiger partial charge in [0.15, 0.2) is 0 Å². The van der Waals surface area contributed by atoms with E-state index < -0.39 is 0 Å². The van der Waals surface area contributed by atoms with Gasteiger partial charge in [-0.1, -0.05) is 0 Å². The Bertz CT molecular complexity index is 336. The molecule has 0 saturated heterocycles. The van der Waals surface area contributed by atoms with Gasteiger partial charge in [0, 0.05) is 25.5 Å². The summed E-state index contributed by atoms with van der Waals surface area (Å²) in [5, 5.41) is 5.71. The largest absolute Gasteiger partial charge is 0.387 e. The van der Waals surface area contributed by atoms with Gasteiger partial charge in [0.05, 0.1) is 11.3 Å². The number of aromatic nitrogens is 1. The van der Waals surface area contributed by atoms with Crippen molar-refractivity contribution in [3.63, 3.8) is 0 Å². The molecule has 0 aliphatic rings. The summed E-state index contributed by atoms with van der Waals surface area (Å²) >= 11 is 0. The number of amides is 1. The zero-order chi connectivity index (χ0) is 10.6. The molecule has 4 heteroatoms. The van der Waals surface area contributed by atoms with E-state index in [4.69, 9.17) is 0 Å². The van der Waals surface area contributed by atoms with Crippen LogP contribution in [-0.4, -0.2) is 24.5 Å². The Hall–Kier alpha value is -1.58. The summed E-state index contributed by atoms with van der Waals surface area (Å²) in [6.45, 7) is 4.40. The zero-order valence-corrected chi connectivity index (χ0v) is 8.72. The maximum atomic E-state index is 11.5. The molecule has 0 aliphatic heterocycles. The second kappa shape index (κ2) is 4.60. The third-order valence-electron chi connectivity index (χ3n) is 1.89. The van der Waals surface area contributed by atoms with Crippen LogP contribution in [-0.2, 0) is 0 Å². The maximum absolute atomic E-state index is 11.5. The lowest BCUT2D eigenvalue weighted by atomic mass is 10.2. The number of nitrogens with one attached hydrogen (secondary N) is 2. The Kier molecular flexibility index (Phi) is 3.45. The molecule has 2 N–H and O–H groups in total. The van der Waals surface area contributed by atoms with Crippen molar-refractivity contribution in [1.82, 2.24) is 10.3 Å². The summed E-state index contributed by atoms with van der Waals surface area (Å²) < 4.78 is 0. The average Bonchev–Trinajstić information content (AvgIpc) is 2.17. The molecule has 1 aromatic heterocycles. The molecule has 1 rings (SSSR count). The Balaban J connectivity index is 3.01. The lowest BCUT2D eigenvalue weighted by Gasteiger charge is -2.08. The normalized spacial score (nSPS) is 9.64. The van der Waals surface area contributed by atoms with Crippen LogP contribution in [0.15, 0.2) is 12.3 Å². The van der Waals surface area contributed by atoms with E-state index in [9.17, 15) is 4.79 Å². The van der Waals surface area contributed by atoms with Crippen LogP contribution < -0.4 is 10.6 Å². The SMILES string of the molecule is CCNC(=O)c1cnc(C)cc1NC. The van der Waals surface area contributed by atoms with Crippen molar-refractivity contribution in [2.75, 3.05) is 18.9 Å². The van der Waals surface area contributed by atoms with Crippen molar-refractivity contribution in [2.45, 2.75) is 13.8 Å². The minimum atomic E-state index is -0.0932. The van der Waals surface area contributed by atoms with E-state index in [2.05, 4.69) is 15.6 Å². The predicted octanol–water partition coefficient (Wildman–Crippen LogP) is 1.18. The Morgan fingerprint density at radius 1 is 1.57 bits per heavy atom. The van der Waals surface area contributed by atoms with Gasteiger partial charge in [-0.25, -0.2) is 0 Å². The van der Waals surface area contributed by atoms with Crippen LogP contribution in [0.5, 0.6) is 0 Å². The third-order valence-corrected chi connectivity index (χ3v) is 1.89. The smallest absolute Gasteiger partial charge is 0.254 e. The van der Waals surface area contributed by atoms with Crippen molar-refractivity contribution >= 4 is 11.6 Å². The highest BCUT2D eigenvalue weighted by atomic mass is 16.1. The number of nitrogens with zero attached hydrogens (tertiary/aromatic N) is 1. The molecule has 0 aliphatic carbocycles. The molecular formula is C10H15N3O. The molecule has 1 amide bonds. The molecule has 1 heterocycles. The number of anilines is 1. The van der Waals surface area contributed by atoms with Gasteiger partial charge in [-0.3, -0.25) is 9.78 Å². The molecule has 0 unspecified atom stereocenters. The Morgan fingerprint density at radius 3 is 2.86 bits per heavy atom. The molecule has 0 saturated carbocycles. The van der Waals surface area contributed by atoms with Gasteiger partial charge >= 0.3 is 0 Å². The number of carbonyl (C=O) groups excluding carboxylic acids is 1. The van der Waals surface area contributed by atoms with E-state index in [0.717, 1.165) is 11.4 Å². The standard InChI is InChI=1S/C10H15N3O/c1-4-12-10(14)8-6-13-7(2)5-9(8)11-3/h5-6H,4H2,1-3H3,(H,11,13)(H,12,14). The van der Waals surface area contributed by atoms with Gasteiger partial charge in [0.1, 0.15) is 0 Å². The number of rotatable bonds is 3. The molecule has 0 aromatic carbocycles. The lowest BCUT2D eigenvalue weighted by molar-refractivity contribution is 0.0956. The van der Waals surface area contributed by atoms with Gasteiger partial charge in [0.2, 0.25) is 0 Å². The van der Waals surface area contributed by atoms with Crippen molar-refractivity contribution in [3.05, 3.63) is 23.5 Å². The second-order valence-corrected chi connectivity index (χ2v) is 2.98. The zero-order valence-electron chi connectivity index (χ0n) is 8.72. The van der Waals surface area contributed by atoms with Gasteiger partial charge < -0.3 is 10.6 Å². The number of aryl methyl sites for hydroxylation is 1. The van der Waals surface area contributed by atoms with Crippen molar-refractivity contribution in [3.8, 4) is 0 Å². The molecule has 0 atom stereocenters. The summed E-state index contributed by atoms with van der Waals surface area (Å²) in [4.78, 5) is 15.6. The minimum absolute atomic E-state index is 0.0932. The fourth-order valence-electron chi connectivity index (χ4n) is 1.20. The Morgan fingerprint density at radius 2 is 2.29 bits per heavy atom. The third kappa shape index (κ3) is 2.22. The minimum Gasteiger partial charge on any atom is -0.387 e. The van der Waals surface area contributed by atoms with Crippen LogP contribution in [0.3, 0.4) is 0 Å². The van der Waals surface area contributed by atoms with Crippen molar-refractivity contribution < 1.29 is 4.79 Å². The van der Waals surface area contributed by atoms with Crippen molar-refractivity contribution in [1.29, 1.82) is 0 Å². The predicted molar refractivity (Wildman–Crippen MR) is 56.5 cm³/mol. The van der Waals surface area contributed by atoms with E-state index >= 15 is 0 Å². The average molecular weight is 193 g/mol. The fourth-order valence-corrected chi connectivity index (χ4v) is 1.20. The van der Waals surface area contributed by atoms with E-state index in [1.54, 1.807) is 13.2 Å². The first kappa shape index (κ1) is 10.5. The second-order valence-electron chi connectivity index (χ2n) is 2.98. The molecule has 14 heavy (non-hydrogen) atoms. The van der Waals surface area contributed by atoms with Gasteiger partial charge in [-0.2, -0.15) is 0 Å². The van der Waals surface area contributed by atoms with E-state index in [-0.39, 0.29) is 5.91 Å². The molecule has 1 aromatic rings. The van der Waals surface area contributed by atoms with Crippen LogP contribution in [0.4, 0.5) is 5.69 Å². The van der Waals surface area contributed by atoms with Crippen molar-refractivity contribution in [2.24, 2.45) is 0 Å². The summed E-state index contributed by atoms with van der Waals surface area (Å²) in [5.41, 5.74) is 2.28. The van der Waals surface area contributed by atoms with Gasteiger partial charge in [-0.15, -0.1) is 0 Å². The van der Waals surface area contributed by atoms with Crippen LogP contribution in [0.2, 0.25) is 0 Å². The van der Waals surface area contributed by atoms with Crippen LogP contribution >= 0.6 is 0 Å². The molecule has 0 bridgehead atoms. The van der Waals surface area contributed by atoms with E-state index in [1.807, 2.05) is 19.9 Å². The molecular weight excluding hydrogens is 178 g/mol. The highest BCUT2D eigenvalue weighted by Gasteiger charge is 2.09. The van der Waals surface area contributed by atoms with Crippen LogP contribution in [0, 0.1) is 6.92 Å². The summed E-state index contributed by atoms with van der Waals surface area (Å²) in [6.07, 6.45) is 1.59. The summed E-state index contributed by atoms with van der Waals surface area (Å²) in [7, 11) is 1.79. The molecule has 4 nitrogen and oxygen atoms in total. The quantitative estimate of drug-likeness (QED) is 0.758. The number of hydrogen-bond donors (Lipinski definition) is 2. The highest BCUT2D eigenvalue weighted by molar-refractivity contribution is 5.99. The van der Waals surface area contributed by atoms with Crippen LogP contribution in [0.25, 0.3) is 0 Å². The first-order chi connectivity index (χ1) is 6.69. The maximum Gasteiger partial charge on any atom is 0.254 e. The van der Waals surface area contributed by atoms with Gasteiger partial charge in [-0.05, 0) is 19.9 Å². The molecule has 0 radical (unpaired) electrons. The monoisotopic (exact) mass is 193 g/mol. The van der Waals surface area contributed by atoms with Gasteiger partial charge in [0.25, 0.3) is 5.91 Å². The van der Waals surface area contributed by atoms with E-state index in [0.29, 0.717) is 12.1 Å².